The van der Waals surface area contributed by atoms with E-state index in [1.165, 1.54) is 12.8 Å². The van der Waals surface area contributed by atoms with Gasteiger partial charge in [0.25, 0.3) is 0 Å². The van der Waals surface area contributed by atoms with E-state index in [9.17, 15) is 0 Å². The van der Waals surface area contributed by atoms with Gasteiger partial charge in [0.15, 0.2) is 0 Å². The van der Waals surface area contributed by atoms with Crippen molar-refractivity contribution in [3.05, 3.63) is 28.8 Å². The highest BCUT2D eigenvalue weighted by Crippen LogP contribution is 2.41. The van der Waals surface area contributed by atoms with Gasteiger partial charge >= 0.3 is 0 Å². The Hall–Kier alpha value is -0.440. The quantitative estimate of drug-likeness (QED) is 0.771. The van der Waals surface area contributed by atoms with E-state index in [0.29, 0.717) is 10.9 Å². The van der Waals surface area contributed by atoms with Gasteiger partial charge in [-0.2, -0.15) is 0 Å². The maximum Gasteiger partial charge on any atom is 0.0410 e. The molecule has 1 atom stereocenters. The van der Waals surface area contributed by atoms with Gasteiger partial charge in [-0.25, -0.2) is 0 Å². The van der Waals surface area contributed by atoms with Crippen molar-refractivity contribution >= 4 is 29.7 Å². The summed E-state index contributed by atoms with van der Waals surface area (Å²) in [7, 11) is 0. The first-order chi connectivity index (χ1) is 6.18. The third-order valence-electron chi connectivity index (χ3n) is 2.54. The second-order valence-corrected chi connectivity index (χ2v) is 4.07. The fourth-order valence-corrected chi connectivity index (χ4v) is 1.72. The van der Waals surface area contributed by atoms with Gasteiger partial charge in [-0.3, -0.25) is 0 Å². The Morgan fingerprint density at radius 3 is 2.57 bits per heavy atom. The Balaban J connectivity index is 0.000000980. The van der Waals surface area contributed by atoms with Gasteiger partial charge in [-0.1, -0.05) is 11.6 Å². The van der Waals surface area contributed by atoms with Crippen molar-refractivity contribution in [3.8, 4) is 0 Å². The zero-order valence-electron chi connectivity index (χ0n) is 7.74. The molecule has 2 nitrogen and oxygen atoms in total. The second kappa shape index (κ2) is 4.39. The number of hydrogen-bond acceptors (Lipinski definition) is 2. The van der Waals surface area contributed by atoms with Crippen molar-refractivity contribution in [2.24, 2.45) is 11.7 Å². The van der Waals surface area contributed by atoms with E-state index in [1.54, 1.807) is 6.07 Å². The highest BCUT2D eigenvalue weighted by molar-refractivity contribution is 6.30. The Morgan fingerprint density at radius 1 is 1.36 bits per heavy atom. The first kappa shape index (κ1) is 11.6. The lowest BCUT2D eigenvalue weighted by atomic mass is 10.0. The monoisotopic (exact) mass is 232 g/mol. The van der Waals surface area contributed by atoms with Crippen LogP contribution in [0.5, 0.6) is 0 Å². The van der Waals surface area contributed by atoms with Crippen LogP contribution in [0.15, 0.2) is 18.2 Å². The largest absolute Gasteiger partial charge is 0.398 e. The van der Waals surface area contributed by atoms with Crippen LogP contribution in [0.1, 0.15) is 24.4 Å². The van der Waals surface area contributed by atoms with Crippen LogP contribution in [0.2, 0.25) is 5.02 Å². The van der Waals surface area contributed by atoms with E-state index in [-0.39, 0.29) is 18.4 Å². The van der Waals surface area contributed by atoms with Crippen molar-refractivity contribution in [1.29, 1.82) is 0 Å². The summed E-state index contributed by atoms with van der Waals surface area (Å²) in [6.07, 6.45) is 2.43. The molecular formula is C10H14Cl2N2. The molecule has 1 aliphatic carbocycles. The molecule has 4 N–H and O–H groups in total. The predicted octanol–water partition coefficient (Wildman–Crippen LogP) is 2.75. The second-order valence-electron chi connectivity index (χ2n) is 3.64. The Bertz CT molecular complexity index is 324. The zero-order valence-corrected chi connectivity index (χ0v) is 9.31. The van der Waals surface area contributed by atoms with Gasteiger partial charge < -0.3 is 11.5 Å². The lowest BCUT2D eigenvalue weighted by Crippen LogP contribution is -2.14. The molecule has 2 rings (SSSR count). The van der Waals surface area contributed by atoms with E-state index in [0.717, 1.165) is 11.3 Å². The number of rotatable bonds is 2. The maximum absolute atomic E-state index is 6.03. The molecule has 0 saturated heterocycles. The molecule has 78 valence electrons. The summed E-state index contributed by atoms with van der Waals surface area (Å²) in [6.45, 7) is 0. The van der Waals surface area contributed by atoms with Gasteiger partial charge in [0, 0.05) is 16.8 Å². The van der Waals surface area contributed by atoms with E-state index in [4.69, 9.17) is 23.1 Å². The van der Waals surface area contributed by atoms with Crippen molar-refractivity contribution < 1.29 is 0 Å². The topological polar surface area (TPSA) is 52.0 Å². The van der Waals surface area contributed by atoms with Crippen LogP contribution in [-0.4, -0.2) is 0 Å². The third kappa shape index (κ3) is 2.32. The van der Waals surface area contributed by atoms with E-state index in [2.05, 4.69) is 0 Å². The third-order valence-corrected chi connectivity index (χ3v) is 2.77. The molecule has 14 heavy (non-hydrogen) atoms. The molecule has 0 bridgehead atoms. The van der Waals surface area contributed by atoms with Crippen LogP contribution in [0.25, 0.3) is 0 Å². The zero-order chi connectivity index (χ0) is 9.42. The van der Waals surface area contributed by atoms with Crippen LogP contribution in [-0.2, 0) is 0 Å². The first-order valence-corrected chi connectivity index (χ1v) is 4.87. The fourth-order valence-electron chi connectivity index (χ4n) is 1.54. The molecule has 0 aliphatic heterocycles. The Morgan fingerprint density at radius 2 is 2.00 bits per heavy atom. The van der Waals surface area contributed by atoms with Crippen LogP contribution >= 0.6 is 24.0 Å². The minimum atomic E-state index is 0. The average Bonchev–Trinajstić information content (AvgIpc) is 2.91. The molecule has 0 unspecified atom stereocenters. The van der Waals surface area contributed by atoms with E-state index in [1.807, 2.05) is 12.1 Å². The lowest BCUT2D eigenvalue weighted by molar-refractivity contribution is 0.635. The molecule has 0 aromatic heterocycles. The maximum atomic E-state index is 6.03. The SMILES string of the molecule is Cl.Nc1ccc(Cl)cc1[C@@H](N)C1CC1. The molecule has 1 aromatic rings. The van der Waals surface area contributed by atoms with Gasteiger partial charge in [-0.05, 0) is 42.5 Å². The molecule has 1 aromatic carbocycles. The summed E-state index contributed by atoms with van der Waals surface area (Å²) in [5.74, 6) is 0.612. The number of nitrogen functional groups attached to an aromatic ring is 1. The minimum absolute atomic E-state index is 0. The summed E-state index contributed by atoms with van der Waals surface area (Å²) in [6, 6.07) is 5.55. The van der Waals surface area contributed by atoms with E-state index < -0.39 is 0 Å². The van der Waals surface area contributed by atoms with Crippen LogP contribution in [0.3, 0.4) is 0 Å². The molecule has 0 heterocycles. The van der Waals surface area contributed by atoms with Crippen LogP contribution in [0, 0.1) is 5.92 Å². The Labute approximate surface area is 95.0 Å². The van der Waals surface area contributed by atoms with Crippen molar-refractivity contribution in [1.82, 2.24) is 0 Å². The summed E-state index contributed by atoms with van der Waals surface area (Å²) < 4.78 is 0. The summed E-state index contributed by atoms with van der Waals surface area (Å²) in [4.78, 5) is 0. The van der Waals surface area contributed by atoms with Gasteiger partial charge in [0.05, 0.1) is 0 Å². The normalized spacial score (nSPS) is 17.3. The highest BCUT2D eigenvalue weighted by Gasteiger charge is 2.30. The molecule has 4 heteroatoms. The van der Waals surface area contributed by atoms with Crippen LogP contribution < -0.4 is 11.5 Å². The predicted molar refractivity (Wildman–Crippen MR) is 62.8 cm³/mol. The number of halogens is 2. The summed E-state index contributed by atoms with van der Waals surface area (Å²) in [5, 5.41) is 0.709. The first-order valence-electron chi connectivity index (χ1n) is 4.49. The molecule has 1 saturated carbocycles. The summed E-state index contributed by atoms with van der Waals surface area (Å²) in [5.41, 5.74) is 13.6. The Kier molecular flexibility index (Phi) is 3.65. The molecule has 0 spiro atoms. The molecule has 1 aliphatic rings. The molecule has 0 radical (unpaired) electrons. The number of nitrogens with two attached hydrogens (primary N) is 2. The fraction of sp³-hybridized carbons (Fsp3) is 0.400. The summed E-state index contributed by atoms with van der Waals surface area (Å²) >= 11 is 5.87. The smallest absolute Gasteiger partial charge is 0.0410 e. The van der Waals surface area contributed by atoms with Crippen molar-refractivity contribution in [2.45, 2.75) is 18.9 Å². The average molecular weight is 233 g/mol. The van der Waals surface area contributed by atoms with Gasteiger partial charge in [0.1, 0.15) is 0 Å². The number of benzene rings is 1. The van der Waals surface area contributed by atoms with Crippen LogP contribution in [0.4, 0.5) is 5.69 Å². The molecule has 1 fully saturated rings. The highest BCUT2D eigenvalue weighted by atomic mass is 35.5. The van der Waals surface area contributed by atoms with Crippen molar-refractivity contribution in [2.75, 3.05) is 5.73 Å². The van der Waals surface area contributed by atoms with Gasteiger partial charge in [0.2, 0.25) is 0 Å². The van der Waals surface area contributed by atoms with E-state index >= 15 is 0 Å². The van der Waals surface area contributed by atoms with Gasteiger partial charge in [-0.15, -0.1) is 12.4 Å². The molecule has 0 amide bonds. The molecular weight excluding hydrogens is 219 g/mol. The lowest BCUT2D eigenvalue weighted by Gasteiger charge is -2.13. The number of hydrogen-bond donors (Lipinski definition) is 2. The van der Waals surface area contributed by atoms with Crippen molar-refractivity contribution in [3.63, 3.8) is 0 Å². The standard InChI is InChI=1S/C10H13ClN2.ClH/c11-7-3-4-9(12)8(5-7)10(13)6-1-2-6;/h3-6,10H,1-2,12-13H2;1H/t10-;/m0./s1. The minimum Gasteiger partial charge on any atom is -0.398 e. The number of anilines is 1.